The Morgan fingerprint density at radius 3 is 2.55 bits per heavy atom. The molecule has 0 saturated carbocycles. The first-order chi connectivity index (χ1) is 15.7. The molecule has 1 amide bonds. The first kappa shape index (κ1) is 22.7. The molecule has 0 radical (unpaired) electrons. The van der Waals surface area contributed by atoms with Gasteiger partial charge in [-0.2, -0.15) is 0 Å². The summed E-state index contributed by atoms with van der Waals surface area (Å²) in [5, 5.41) is 6.37. The van der Waals surface area contributed by atoms with Crippen LogP contribution in [0.1, 0.15) is 42.4 Å². The van der Waals surface area contributed by atoms with Gasteiger partial charge in [-0.3, -0.25) is 4.79 Å². The van der Waals surface area contributed by atoms with Crippen molar-refractivity contribution < 1.29 is 18.8 Å². The number of rotatable bonds is 6. The molecular weight excluding hydrogens is 438 g/mol. The summed E-state index contributed by atoms with van der Waals surface area (Å²) in [5.41, 5.74) is 2.22. The highest BCUT2D eigenvalue weighted by atomic mass is 32.1. The molecule has 0 atom stereocenters. The lowest BCUT2D eigenvalue weighted by Crippen LogP contribution is -2.46. The molecule has 0 aliphatic rings. The minimum atomic E-state index is -0.617. The van der Waals surface area contributed by atoms with E-state index in [1.807, 2.05) is 68.6 Å². The topological polar surface area (TPSA) is 85.5 Å². The van der Waals surface area contributed by atoms with Crippen LogP contribution >= 0.6 is 11.3 Å². The third kappa shape index (κ3) is 4.96. The van der Waals surface area contributed by atoms with Crippen molar-refractivity contribution in [3.05, 3.63) is 70.7 Å². The Labute approximate surface area is 196 Å². The number of nitrogens with zero attached hydrogens (tertiary/aromatic N) is 3. The Morgan fingerprint density at radius 2 is 1.88 bits per heavy atom. The van der Waals surface area contributed by atoms with E-state index in [-0.39, 0.29) is 23.8 Å². The van der Waals surface area contributed by atoms with Crippen molar-refractivity contribution in [3.63, 3.8) is 0 Å². The lowest BCUT2D eigenvalue weighted by atomic mass is 10.0. The number of hydrogen-bond donors (Lipinski definition) is 0. The summed E-state index contributed by atoms with van der Waals surface area (Å²) in [6.45, 7) is 7.65. The van der Waals surface area contributed by atoms with E-state index < -0.39 is 11.5 Å². The third-order valence-electron chi connectivity index (χ3n) is 5.23. The summed E-state index contributed by atoms with van der Waals surface area (Å²) in [4.78, 5) is 33.2. The van der Waals surface area contributed by atoms with Crippen LogP contribution in [-0.2, 0) is 16.1 Å². The van der Waals surface area contributed by atoms with Gasteiger partial charge in [0.2, 0.25) is 0 Å². The molecular formula is C25H25N3O4S. The maximum atomic E-state index is 13.1. The summed E-state index contributed by atoms with van der Waals surface area (Å²) in [7, 11) is 0. The molecule has 0 fully saturated rings. The molecule has 0 saturated heterocycles. The number of esters is 1. The Hall–Kier alpha value is -3.52. The van der Waals surface area contributed by atoms with Gasteiger partial charge in [0, 0.05) is 12.1 Å². The zero-order valence-electron chi connectivity index (χ0n) is 19.0. The van der Waals surface area contributed by atoms with Gasteiger partial charge in [-0.05, 0) is 50.8 Å². The average Bonchev–Trinajstić information content (AvgIpc) is 3.45. The fourth-order valence-corrected chi connectivity index (χ4v) is 4.24. The Morgan fingerprint density at radius 1 is 1.12 bits per heavy atom. The van der Waals surface area contributed by atoms with Crippen molar-refractivity contribution in [2.24, 2.45) is 0 Å². The van der Waals surface area contributed by atoms with Gasteiger partial charge in [0.25, 0.3) is 11.6 Å². The second kappa shape index (κ2) is 9.15. The van der Waals surface area contributed by atoms with Crippen molar-refractivity contribution in [2.45, 2.75) is 39.8 Å². The standard InChI is InChI=1S/C25H25N3O4S/c1-16-22-18(13-19(20-11-8-12-33-20)26-23(22)32-27-16)24(30)31-15-21(29)28(25(2,3)4)14-17-9-6-5-7-10-17/h5-13H,14-15H2,1-4H3. The molecule has 0 aliphatic heterocycles. The number of benzene rings is 1. The van der Waals surface area contributed by atoms with Crippen LogP contribution in [0.15, 0.2) is 58.4 Å². The SMILES string of the molecule is Cc1noc2nc(-c3cccs3)cc(C(=O)OCC(=O)N(Cc3ccccc3)C(C)(C)C)c12. The molecule has 0 aliphatic carbocycles. The number of hydrogen-bond acceptors (Lipinski definition) is 7. The summed E-state index contributed by atoms with van der Waals surface area (Å²) >= 11 is 1.50. The van der Waals surface area contributed by atoms with Crippen molar-refractivity contribution in [3.8, 4) is 10.6 Å². The van der Waals surface area contributed by atoms with Gasteiger partial charge in [-0.1, -0.05) is 41.6 Å². The fourth-order valence-electron chi connectivity index (χ4n) is 3.55. The predicted octanol–water partition coefficient (Wildman–Crippen LogP) is 5.24. The number of aromatic nitrogens is 2. The minimum Gasteiger partial charge on any atom is -0.452 e. The number of aryl methyl sites for hydroxylation is 1. The van der Waals surface area contributed by atoms with E-state index in [1.165, 1.54) is 11.3 Å². The molecule has 0 unspecified atom stereocenters. The maximum absolute atomic E-state index is 13.1. The minimum absolute atomic E-state index is 0.261. The van der Waals surface area contributed by atoms with E-state index in [2.05, 4.69) is 10.1 Å². The second-order valence-electron chi connectivity index (χ2n) is 8.69. The van der Waals surface area contributed by atoms with Crippen LogP contribution in [0.3, 0.4) is 0 Å². The molecule has 1 aromatic carbocycles. The lowest BCUT2D eigenvalue weighted by molar-refractivity contribution is -0.140. The summed E-state index contributed by atoms with van der Waals surface area (Å²) in [6, 6.07) is 15.2. The van der Waals surface area contributed by atoms with Gasteiger partial charge in [0.1, 0.15) is 0 Å². The number of pyridine rings is 1. The number of carbonyl (C=O) groups is 2. The van der Waals surface area contributed by atoms with E-state index in [0.717, 1.165) is 10.4 Å². The Kier molecular flexibility index (Phi) is 6.29. The van der Waals surface area contributed by atoms with Gasteiger partial charge < -0.3 is 14.2 Å². The van der Waals surface area contributed by atoms with Crippen molar-refractivity contribution in [2.75, 3.05) is 6.61 Å². The van der Waals surface area contributed by atoms with Crippen molar-refractivity contribution >= 4 is 34.3 Å². The second-order valence-corrected chi connectivity index (χ2v) is 9.64. The highest BCUT2D eigenvalue weighted by molar-refractivity contribution is 7.13. The molecule has 3 aromatic heterocycles. The number of ether oxygens (including phenoxy) is 1. The van der Waals surface area contributed by atoms with E-state index in [9.17, 15) is 9.59 Å². The number of amides is 1. The highest BCUT2D eigenvalue weighted by Crippen LogP contribution is 2.30. The van der Waals surface area contributed by atoms with Crippen LogP contribution in [0, 0.1) is 6.92 Å². The number of thiophene rings is 1. The normalized spacial score (nSPS) is 11.5. The van der Waals surface area contributed by atoms with Crippen LogP contribution in [0.5, 0.6) is 0 Å². The first-order valence-electron chi connectivity index (χ1n) is 10.6. The third-order valence-corrected chi connectivity index (χ3v) is 6.12. The van der Waals surface area contributed by atoms with Crippen molar-refractivity contribution in [1.82, 2.24) is 15.0 Å². The Bertz CT molecular complexity index is 1270. The molecule has 8 heteroatoms. The van der Waals surface area contributed by atoms with Gasteiger partial charge >= 0.3 is 5.97 Å². The lowest BCUT2D eigenvalue weighted by Gasteiger charge is -2.35. The number of carbonyl (C=O) groups excluding carboxylic acids is 2. The maximum Gasteiger partial charge on any atom is 0.339 e. The molecule has 4 rings (SSSR count). The fraction of sp³-hybridized carbons (Fsp3) is 0.280. The predicted molar refractivity (Wildman–Crippen MR) is 127 cm³/mol. The molecule has 0 bridgehead atoms. The van der Waals surface area contributed by atoms with Gasteiger partial charge in [0.05, 0.1) is 27.2 Å². The average molecular weight is 464 g/mol. The molecule has 3 heterocycles. The summed E-state index contributed by atoms with van der Waals surface area (Å²) < 4.78 is 10.8. The number of fused-ring (bicyclic) bond motifs is 1. The zero-order valence-corrected chi connectivity index (χ0v) is 19.8. The molecule has 0 N–H and O–H groups in total. The quantitative estimate of drug-likeness (QED) is 0.363. The van der Waals surface area contributed by atoms with E-state index in [4.69, 9.17) is 9.26 Å². The highest BCUT2D eigenvalue weighted by Gasteiger charge is 2.28. The zero-order chi connectivity index (χ0) is 23.6. The molecule has 7 nitrogen and oxygen atoms in total. The largest absolute Gasteiger partial charge is 0.452 e. The van der Waals surface area contributed by atoms with Crippen LogP contribution in [0.4, 0.5) is 0 Å². The van der Waals surface area contributed by atoms with Crippen LogP contribution in [0.25, 0.3) is 21.7 Å². The van der Waals surface area contributed by atoms with Crippen LogP contribution < -0.4 is 0 Å². The summed E-state index contributed by atoms with van der Waals surface area (Å²) in [6.07, 6.45) is 0. The first-order valence-corrected chi connectivity index (χ1v) is 11.4. The van der Waals surface area contributed by atoms with Crippen LogP contribution in [0.2, 0.25) is 0 Å². The molecule has 4 aromatic rings. The molecule has 170 valence electrons. The Balaban J connectivity index is 1.56. The molecule has 0 spiro atoms. The molecule has 33 heavy (non-hydrogen) atoms. The van der Waals surface area contributed by atoms with Gasteiger partial charge in [-0.15, -0.1) is 11.3 Å². The van der Waals surface area contributed by atoms with E-state index in [0.29, 0.717) is 23.3 Å². The summed E-state index contributed by atoms with van der Waals surface area (Å²) in [5.74, 6) is -0.890. The van der Waals surface area contributed by atoms with E-state index >= 15 is 0 Å². The van der Waals surface area contributed by atoms with E-state index in [1.54, 1.807) is 17.9 Å². The monoisotopic (exact) mass is 463 g/mol. The smallest absolute Gasteiger partial charge is 0.339 e. The van der Waals surface area contributed by atoms with Gasteiger partial charge in [0.15, 0.2) is 6.61 Å². The van der Waals surface area contributed by atoms with Gasteiger partial charge in [-0.25, -0.2) is 9.78 Å². The van der Waals surface area contributed by atoms with Crippen LogP contribution in [-0.4, -0.2) is 39.1 Å². The van der Waals surface area contributed by atoms with Crippen molar-refractivity contribution in [1.29, 1.82) is 0 Å².